The lowest BCUT2D eigenvalue weighted by Gasteiger charge is -2.04. The van der Waals surface area contributed by atoms with Crippen LogP contribution >= 0.6 is 0 Å². The second kappa shape index (κ2) is 7.91. The summed E-state index contributed by atoms with van der Waals surface area (Å²) in [5.74, 6) is 0.900. The fraction of sp³-hybridized carbons (Fsp3) is 0.211. The van der Waals surface area contributed by atoms with Crippen molar-refractivity contribution in [1.82, 2.24) is 0 Å². The molecule has 0 atom stereocenters. The van der Waals surface area contributed by atoms with Gasteiger partial charge in [-0.25, -0.2) is 0 Å². The van der Waals surface area contributed by atoms with E-state index >= 15 is 0 Å². The molecule has 0 bridgehead atoms. The van der Waals surface area contributed by atoms with Gasteiger partial charge in [0.1, 0.15) is 5.75 Å². The van der Waals surface area contributed by atoms with Crippen molar-refractivity contribution in [1.29, 1.82) is 5.26 Å². The van der Waals surface area contributed by atoms with E-state index in [1.807, 2.05) is 42.5 Å². The van der Waals surface area contributed by atoms with Gasteiger partial charge < -0.3 is 4.74 Å². The van der Waals surface area contributed by atoms with Gasteiger partial charge in [0.05, 0.1) is 19.1 Å². The van der Waals surface area contributed by atoms with Crippen molar-refractivity contribution in [3.05, 3.63) is 65.2 Å². The Hall–Kier alpha value is -2.53. The largest absolute Gasteiger partial charge is 0.494 e. The first kappa shape index (κ1) is 14.9. The highest BCUT2D eigenvalue weighted by atomic mass is 16.5. The van der Waals surface area contributed by atoms with E-state index in [0.29, 0.717) is 6.42 Å². The van der Waals surface area contributed by atoms with Crippen LogP contribution in [0.4, 0.5) is 0 Å². The van der Waals surface area contributed by atoms with E-state index < -0.39 is 0 Å². The highest BCUT2D eigenvalue weighted by molar-refractivity contribution is 5.70. The average molecular weight is 277 g/mol. The predicted octanol–water partition coefficient (Wildman–Crippen LogP) is 4.71. The Morgan fingerprint density at radius 3 is 2.48 bits per heavy atom. The quantitative estimate of drug-likeness (QED) is 0.716. The molecule has 0 aliphatic heterocycles. The maximum Gasteiger partial charge on any atom is 0.119 e. The summed E-state index contributed by atoms with van der Waals surface area (Å²) in [4.78, 5) is 0. The first-order valence-corrected chi connectivity index (χ1v) is 7.18. The van der Waals surface area contributed by atoms with Gasteiger partial charge in [-0.15, -0.1) is 0 Å². The van der Waals surface area contributed by atoms with Gasteiger partial charge in [-0.3, -0.25) is 0 Å². The molecule has 0 unspecified atom stereocenters. The SMILES string of the molecule is CCCOc1cccc(/C=C\c2cccc(CC#N)c2)c1. The van der Waals surface area contributed by atoms with Gasteiger partial charge in [-0.2, -0.15) is 5.26 Å². The molecule has 0 saturated heterocycles. The van der Waals surface area contributed by atoms with Gasteiger partial charge in [0.2, 0.25) is 0 Å². The van der Waals surface area contributed by atoms with Crippen LogP contribution in [0.3, 0.4) is 0 Å². The van der Waals surface area contributed by atoms with Crippen molar-refractivity contribution in [3.8, 4) is 11.8 Å². The maximum atomic E-state index is 8.74. The van der Waals surface area contributed by atoms with E-state index in [1.54, 1.807) is 0 Å². The number of rotatable bonds is 6. The minimum atomic E-state index is 0.446. The van der Waals surface area contributed by atoms with Crippen molar-refractivity contribution in [2.24, 2.45) is 0 Å². The van der Waals surface area contributed by atoms with Crippen molar-refractivity contribution < 1.29 is 4.74 Å². The average Bonchev–Trinajstić information content (AvgIpc) is 2.52. The van der Waals surface area contributed by atoms with Gasteiger partial charge in [0, 0.05) is 0 Å². The summed E-state index contributed by atoms with van der Waals surface area (Å²) in [7, 11) is 0. The zero-order chi connectivity index (χ0) is 14.9. The Balaban J connectivity index is 2.10. The van der Waals surface area contributed by atoms with E-state index in [1.165, 1.54) is 0 Å². The monoisotopic (exact) mass is 277 g/mol. The van der Waals surface area contributed by atoms with Crippen molar-refractivity contribution >= 4 is 12.2 Å². The summed E-state index contributed by atoms with van der Waals surface area (Å²) >= 11 is 0. The second-order valence-corrected chi connectivity index (χ2v) is 4.83. The second-order valence-electron chi connectivity index (χ2n) is 4.83. The van der Waals surface area contributed by atoms with Gasteiger partial charge in [-0.05, 0) is 35.2 Å². The molecule has 0 saturated carbocycles. The zero-order valence-electron chi connectivity index (χ0n) is 12.3. The molecule has 0 aliphatic rings. The fourth-order valence-electron chi connectivity index (χ4n) is 2.02. The molecule has 0 fully saturated rings. The molecule has 2 nitrogen and oxygen atoms in total. The molecule has 0 aliphatic carbocycles. The van der Waals surface area contributed by atoms with Gasteiger partial charge in [0.25, 0.3) is 0 Å². The van der Waals surface area contributed by atoms with Crippen LogP contribution in [0.25, 0.3) is 12.2 Å². The number of nitrogens with zero attached hydrogens (tertiary/aromatic N) is 1. The third-order valence-corrected chi connectivity index (χ3v) is 3.03. The molecule has 0 N–H and O–H groups in total. The van der Waals surface area contributed by atoms with Gasteiger partial charge in [0.15, 0.2) is 0 Å². The van der Waals surface area contributed by atoms with Crippen LogP contribution in [0, 0.1) is 11.3 Å². The fourth-order valence-corrected chi connectivity index (χ4v) is 2.02. The van der Waals surface area contributed by atoms with Crippen LogP contribution in [0.2, 0.25) is 0 Å². The number of nitriles is 1. The Morgan fingerprint density at radius 2 is 1.76 bits per heavy atom. The minimum absolute atomic E-state index is 0.446. The molecule has 0 amide bonds. The molecule has 2 rings (SSSR count). The number of hydrogen-bond acceptors (Lipinski definition) is 2. The van der Waals surface area contributed by atoms with Crippen LogP contribution in [-0.2, 0) is 6.42 Å². The van der Waals surface area contributed by atoms with Crippen LogP contribution in [-0.4, -0.2) is 6.61 Å². The highest BCUT2D eigenvalue weighted by Crippen LogP contribution is 2.16. The van der Waals surface area contributed by atoms with Crippen molar-refractivity contribution in [3.63, 3.8) is 0 Å². The van der Waals surface area contributed by atoms with Crippen LogP contribution in [0.1, 0.15) is 30.0 Å². The topological polar surface area (TPSA) is 33.0 Å². The molecule has 106 valence electrons. The first-order valence-electron chi connectivity index (χ1n) is 7.18. The molecular formula is C19H19NO. The number of ether oxygens (including phenoxy) is 1. The van der Waals surface area contributed by atoms with E-state index in [4.69, 9.17) is 10.00 Å². The summed E-state index contributed by atoms with van der Waals surface area (Å²) in [5, 5.41) is 8.74. The molecule has 21 heavy (non-hydrogen) atoms. The van der Waals surface area contributed by atoms with Gasteiger partial charge >= 0.3 is 0 Å². The number of benzene rings is 2. The third kappa shape index (κ3) is 4.81. The summed E-state index contributed by atoms with van der Waals surface area (Å²) in [6.07, 6.45) is 5.57. The maximum absolute atomic E-state index is 8.74. The summed E-state index contributed by atoms with van der Waals surface area (Å²) < 4.78 is 5.63. The van der Waals surface area contributed by atoms with Gasteiger partial charge in [-0.1, -0.05) is 55.5 Å². The Morgan fingerprint density at radius 1 is 1.05 bits per heavy atom. The van der Waals surface area contributed by atoms with Crippen molar-refractivity contribution in [2.45, 2.75) is 19.8 Å². The summed E-state index contributed by atoms with van der Waals surface area (Å²) in [6, 6.07) is 18.3. The normalized spacial score (nSPS) is 10.5. The smallest absolute Gasteiger partial charge is 0.119 e. The molecule has 0 aromatic heterocycles. The van der Waals surface area contributed by atoms with E-state index in [0.717, 1.165) is 35.5 Å². The molecule has 2 aromatic carbocycles. The molecular weight excluding hydrogens is 258 g/mol. The minimum Gasteiger partial charge on any atom is -0.494 e. The summed E-state index contributed by atoms with van der Waals surface area (Å²) in [6.45, 7) is 2.83. The standard InChI is InChI=1S/C19H19NO/c1-2-13-21-19-8-4-7-17(15-19)10-9-16-5-3-6-18(14-16)11-12-20/h3-10,14-15H,2,11,13H2,1H3/b10-9-. The lowest BCUT2D eigenvalue weighted by atomic mass is 10.1. The van der Waals surface area contributed by atoms with Crippen molar-refractivity contribution in [2.75, 3.05) is 6.61 Å². The van der Waals surface area contributed by atoms with Crippen LogP contribution in [0.5, 0.6) is 5.75 Å². The molecule has 0 spiro atoms. The number of hydrogen-bond donors (Lipinski definition) is 0. The summed E-state index contributed by atoms with van der Waals surface area (Å²) in [5.41, 5.74) is 3.25. The lowest BCUT2D eigenvalue weighted by Crippen LogP contribution is -1.94. The molecule has 2 aromatic rings. The van der Waals surface area contributed by atoms with E-state index in [-0.39, 0.29) is 0 Å². The van der Waals surface area contributed by atoms with E-state index in [2.05, 4.69) is 31.2 Å². The Bertz CT molecular complexity index is 653. The van der Waals surface area contributed by atoms with Crippen LogP contribution in [0.15, 0.2) is 48.5 Å². The first-order chi connectivity index (χ1) is 10.3. The molecule has 0 radical (unpaired) electrons. The third-order valence-electron chi connectivity index (χ3n) is 3.03. The lowest BCUT2D eigenvalue weighted by molar-refractivity contribution is 0.317. The molecule has 0 heterocycles. The predicted molar refractivity (Wildman–Crippen MR) is 86.9 cm³/mol. The van der Waals surface area contributed by atoms with E-state index in [9.17, 15) is 0 Å². The molecule has 2 heteroatoms. The Labute approximate surface area is 126 Å². The zero-order valence-corrected chi connectivity index (χ0v) is 12.3. The highest BCUT2D eigenvalue weighted by Gasteiger charge is 1.95. The Kier molecular flexibility index (Phi) is 5.60. The van der Waals surface area contributed by atoms with Crippen LogP contribution < -0.4 is 4.74 Å².